The van der Waals surface area contributed by atoms with Crippen molar-refractivity contribution in [2.45, 2.75) is 252 Å². The lowest BCUT2D eigenvalue weighted by atomic mass is 9.73. The minimum atomic E-state index is 0.0916. The second-order valence-electron chi connectivity index (χ2n) is 14.2. The monoisotopic (exact) mass is 578 g/mol. The number of hydrogen-bond donors (Lipinski definition) is 1. The fourth-order valence-electron chi connectivity index (χ4n) is 7.19. The Bertz CT molecular complexity index is 447. The smallest absolute Gasteiger partial charge is 0.0182 e. The molecule has 0 aliphatic heterocycles. The van der Waals surface area contributed by atoms with Crippen LogP contribution in [-0.4, -0.2) is 5.54 Å². The van der Waals surface area contributed by atoms with E-state index >= 15 is 0 Å². The van der Waals surface area contributed by atoms with Crippen molar-refractivity contribution in [2.75, 3.05) is 0 Å². The molecule has 41 heavy (non-hydrogen) atoms. The van der Waals surface area contributed by atoms with E-state index in [1.54, 1.807) is 0 Å². The Morgan fingerprint density at radius 2 is 0.585 bits per heavy atom. The number of unbranched alkanes of at least 4 members (excludes halogenated alkanes) is 27. The van der Waals surface area contributed by atoms with Crippen LogP contribution in [0.3, 0.4) is 0 Å². The Morgan fingerprint density at radius 1 is 0.341 bits per heavy atom. The highest BCUT2D eigenvalue weighted by Gasteiger charge is 2.32. The van der Waals surface area contributed by atoms with Gasteiger partial charge in [0.2, 0.25) is 0 Å². The zero-order valence-electron chi connectivity index (χ0n) is 29.7. The minimum absolute atomic E-state index is 0.0916. The fourth-order valence-corrected chi connectivity index (χ4v) is 7.19. The lowest BCUT2D eigenvalue weighted by Gasteiger charge is -2.38. The summed E-state index contributed by atoms with van der Waals surface area (Å²) in [5, 5.41) is 0. The molecule has 2 N–H and O–H groups in total. The summed E-state index contributed by atoms with van der Waals surface area (Å²) in [4.78, 5) is 0. The maximum Gasteiger partial charge on any atom is 0.0182 e. The van der Waals surface area contributed by atoms with Crippen LogP contribution in [0.5, 0.6) is 0 Å². The summed E-state index contributed by atoms with van der Waals surface area (Å²) in [5.74, 6) is 0.730. The molecule has 1 unspecified atom stereocenters. The second-order valence-corrected chi connectivity index (χ2v) is 14.2. The van der Waals surface area contributed by atoms with Gasteiger partial charge in [0.15, 0.2) is 0 Å². The zero-order valence-corrected chi connectivity index (χ0v) is 29.7. The molecule has 0 saturated heterocycles. The van der Waals surface area contributed by atoms with Gasteiger partial charge in [-0.15, -0.1) is 0 Å². The molecule has 0 fully saturated rings. The van der Waals surface area contributed by atoms with Crippen molar-refractivity contribution in [1.29, 1.82) is 0 Å². The lowest BCUT2D eigenvalue weighted by Crippen LogP contribution is -2.47. The first kappa shape index (κ1) is 41.0. The van der Waals surface area contributed by atoms with E-state index < -0.39 is 0 Å². The third-order valence-corrected chi connectivity index (χ3v) is 10.2. The second kappa shape index (κ2) is 32.9. The van der Waals surface area contributed by atoms with Gasteiger partial charge in [-0.3, -0.25) is 0 Å². The van der Waals surface area contributed by atoms with Crippen molar-refractivity contribution in [3.05, 3.63) is 0 Å². The van der Waals surface area contributed by atoms with Crippen molar-refractivity contribution in [1.82, 2.24) is 0 Å². The van der Waals surface area contributed by atoms with Gasteiger partial charge < -0.3 is 5.73 Å². The van der Waals surface area contributed by atoms with Crippen LogP contribution in [0.1, 0.15) is 246 Å². The van der Waals surface area contributed by atoms with Crippen LogP contribution in [0, 0.1) is 5.92 Å². The molecule has 1 atom stereocenters. The maximum absolute atomic E-state index is 7.39. The van der Waals surface area contributed by atoms with Gasteiger partial charge in [-0.1, -0.05) is 227 Å². The average Bonchev–Trinajstić information content (AvgIpc) is 2.98. The van der Waals surface area contributed by atoms with E-state index in [2.05, 4.69) is 27.7 Å². The van der Waals surface area contributed by atoms with Crippen LogP contribution in [0.25, 0.3) is 0 Å². The predicted octanol–water partition coefficient (Wildman–Crippen LogP) is 14.6. The van der Waals surface area contributed by atoms with Gasteiger partial charge in [0.1, 0.15) is 0 Å². The van der Waals surface area contributed by atoms with Gasteiger partial charge in [-0.05, 0) is 25.2 Å². The fraction of sp³-hybridized carbons (Fsp3) is 1.00. The molecule has 0 rings (SSSR count). The Morgan fingerprint density at radius 3 is 0.854 bits per heavy atom. The maximum atomic E-state index is 7.39. The van der Waals surface area contributed by atoms with E-state index in [4.69, 9.17) is 5.73 Å². The molecule has 0 aliphatic rings. The molecule has 0 aromatic carbocycles. The summed E-state index contributed by atoms with van der Waals surface area (Å²) < 4.78 is 0. The highest BCUT2D eigenvalue weighted by Crippen LogP contribution is 2.34. The normalized spacial score (nSPS) is 12.8. The van der Waals surface area contributed by atoms with E-state index in [0.29, 0.717) is 0 Å². The van der Waals surface area contributed by atoms with Crippen LogP contribution in [0.15, 0.2) is 0 Å². The third-order valence-electron chi connectivity index (χ3n) is 10.2. The van der Waals surface area contributed by atoms with Crippen LogP contribution in [-0.2, 0) is 0 Å². The Balaban J connectivity index is 4.38. The SMILES string of the molecule is CCCCCCCCCCCCC(CC)C(N)(CCCCCCCCCCCC)CCCCCCCCCCCC. The summed E-state index contributed by atoms with van der Waals surface area (Å²) in [5.41, 5.74) is 7.48. The molecular weight excluding hydrogens is 494 g/mol. The summed E-state index contributed by atoms with van der Waals surface area (Å²) >= 11 is 0. The van der Waals surface area contributed by atoms with E-state index in [1.165, 1.54) is 218 Å². The number of rotatable bonds is 35. The van der Waals surface area contributed by atoms with Gasteiger partial charge in [0.05, 0.1) is 0 Å². The molecule has 1 heteroatoms. The van der Waals surface area contributed by atoms with E-state index in [-0.39, 0.29) is 5.54 Å². The van der Waals surface area contributed by atoms with E-state index in [0.717, 1.165) is 5.92 Å². The first-order valence-electron chi connectivity index (χ1n) is 19.9. The summed E-state index contributed by atoms with van der Waals surface area (Å²) in [6, 6.07) is 0. The summed E-state index contributed by atoms with van der Waals surface area (Å²) in [7, 11) is 0. The standard InChI is InChI=1S/C40H83N/c1-5-9-12-15-18-21-24-27-30-33-36-39(8-4)40(41,37-34-31-28-25-22-19-16-13-10-6-2)38-35-32-29-26-23-20-17-14-11-7-3/h39H,5-38,41H2,1-4H3. The topological polar surface area (TPSA) is 26.0 Å². The quantitative estimate of drug-likeness (QED) is 0.0745. The van der Waals surface area contributed by atoms with Gasteiger partial charge >= 0.3 is 0 Å². The van der Waals surface area contributed by atoms with Crippen LogP contribution >= 0.6 is 0 Å². The highest BCUT2D eigenvalue weighted by molar-refractivity contribution is 4.90. The van der Waals surface area contributed by atoms with Crippen molar-refractivity contribution in [3.8, 4) is 0 Å². The molecule has 0 heterocycles. The Hall–Kier alpha value is -0.0400. The number of nitrogens with two attached hydrogens (primary N) is 1. The lowest BCUT2D eigenvalue weighted by molar-refractivity contribution is 0.199. The first-order chi connectivity index (χ1) is 20.1. The minimum Gasteiger partial charge on any atom is -0.325 e. The number of hydrogen-bond acceptors (Lipinski definition) is 1. The predicted molar refractivity (Wildman–Crippen MR) is 190 cm³/mol. The van der Waals surface area contributed by atoms with Crippen molar-refractivity contribution < 1.29 is 0 Å². The molecule has 0 aromatic rings. The van der Waals surface area contributed by atoms with Crippen molar-refractivity contribution in [3.63, 3.8) is 0 Å². The van der Waals surface area contributed by atoms with Gasteiger partial charge in [-0.2, -0.15) is 0 Å². The molecule has 0 aromatic heterocycles. The zero-order chi connectivity index (χ0) is 30.1. The van der Waals surface area contributed by atoms with Crippen LogP contribution in [0.2, 0.25) is 0 Å². The molecule has 1 nitrogen and oxygen atoms in total. The van der Waals surface area contributed by atoms with E-state index in [9.17, 15) is 0 Å². The van der Waals surface area contributed by atoms with Gasteiger partial charge in [-0.25, -0.2) is 0 Å². The Labute approximate surface area is 262 Å². The van der Waals surface area contributed by atoms with Crippen molar-refractivity contribution >= 4 is 0 Å². The molecular formula is C40H83N. The molecule has 0 saturated carbocycles. The van der Waals surface area contributed by atoms with E-state index in [1.807, 2.05) is 0 Å². The molecule has 0 radical (unpaired) electrons. The molecule has 0 aliphatic carbocycles. The summed E-state index contributed by atoms with van der Waals surface area (Å²) in [6.45, 7) is 9.37. The van der Waals surface area contributed by atoms with Gasteiger partial charge in [0.25, 0.3) is 0 Å². The summed E-state index contributed by atoms with van der Waals surface area (Å²) in [6.07, 6.45) is 48.0. The molecule has 0 amide bonds. The Kier molecular flexibility index (Phi) is 32.8. The largest absolute Gasteiger partial charge is 0.325 e. The van der Waals surface area contributed by atoms with Crippen LogP contribution in [0.4, 0.5) is 0 Å². The van der Waals surface area contributed by atoms with Crippen LogP contribution < -0.4 is 5.73 Å². The average molecular weight is 578 g/mol. The molecule has 248 valence electrons. The molecule has 0 spiro atoms. The molecule has 0 bridgehead atoms. The highest BCUT2D eigenvalue weighted by atomic mass is 14.8. The third kappa shape index (κ3) is 27.3. The van der Waals surface area contributed by atoms with Crippen molar-refractivity contribution in [2.24, 2.45) is 11.7 Å². The van der Waals surface area contributed by atoms with Gasteiger partial charge in [0, 0.05) is 5.54 Å². The first-order valence-corrected chi connectivity index (χ1v) is 19.9.